The number of amides is 2. The Morgan fingerprint density at radius 2 is 2.04 bits per heavy atom. The van der Waals surface area contributed by atoms with Crippen LogP contribution in [-0.2, 0) is 16.0 Å². The zero-order valence-corrected chi connectivity index (χ0v) is 15.3. The van der Waals surface area contributed by atoms with Crippen molar-refractivity contribution in [1.29, 1.82) is 0 Å². The molecule has 0 radical (unpaired) electrons. The van der Waals surface area contributed by atoms with Crippen molar-refractivity contribution < 1.29 is 18.7 Å². The monoisotopic (exact) mass is 370 g/mol. The van der Waals surface area contributed by atoms with Gasteiger partial charge in [-0.25, -0.2) is 4.39 Å². The van der Waals surface area contributed by atoms with Crippen LogP contribution in [0.25, 0.3) is 0 Å². The van der Waals surface area contributed by atoms with Gasteiger partial charge in [-0.2, -0.15) is 0 Å². The summed E-state index contributed by atoms with van der Waals surface area (Å²) >= 11 is 0. The highest BCUT2D eigenvalue weighted by Gasteiger charge is 2.30. The van der Waals surface area contributed by atoms with Crippen LogP contribution in [0.5, 0.6) is 0 Å². The summed E-state index contributed by atoms with van der Waals surface area (Å²) in [5.41, 5.74) is 8.07. The molecule has 1 aliphatic rings. The Bertz CT molecular complexity index is 853. The summed E-state index contributed by atoms with van der Waals surface area (Å²) in [6.07, 6.45) is 0.515. The second-order valence-corrected chi connectivity index (χ2v) is 6.82. The molecule has 0 aliphatic carbocycles. The normalized spacial score (nSPS) is 17.0. The van der Waals surface area contributed by atoms with Gasteiger partial charge in [0.2, 0.25) is 5.91 Å². The maximum Gasteiger partial charge on any atom is 0.254 e. The van der Waals surface area contributed by atoms with Gasteiger partial charge >= 0.3 is 0 Å². The van der Waals surface area contributed by atoms with Crippen molar-refractivity contribution in [1.82, 2.24) is 4.90 Å². The molecule has 1 atom stereocenters. The van der Waals surface area contributed by atoms with Crippen LogP contribution in [0.4, 0.5) is 4.39 Å². The number of nitrogens with two attached hydrogens (primary N) is 1. The van der Waals surface area contributed by atoms with Crippen LogP contribution in [0.1, 0.15) is 33.5 Å². The molecule has 3 rings (SSSR count). The lowest BCUT2D eigenvalue weighted by Crippen LogP contribution is -2.50. The lowest BCUT2D eigenvalue weighted by atomic mass is 9.97. The summed E-state index contributed by atoms with van der Waals surface area (Å²) in [6, 6.07) is 12.0. The number of morpholine rings is 1. The van der Waals surface area contributed by atoms with E-state index < -0.39 is 5.91 Å². The minimum atomic E-state index is -0.466. The van der Waals surface area contributed by atoms with E-state index in [1.807, 2.05) is 18.2 Å². The van der Waals surface area contributed by atoms with Crippen LogP contribution in [0.3, 0.4) is 0 Å². The molecule has 2 amide bonds. The van der Waals surface area contributed by atoms with Crippen molar-refractivity contribution >= 4 is 11.8 Å². The number of aryl methyl sites for hydroxylation is 1. The molecule has 2 aromatic rings. The number of ether oxygens (including phenoxy) is 1. The molecule has 0 spiro atoms. The molecule has 0 saturated carbocycles. The van der Waals surface area contributed by atoms with Gasteiger partial charge < -0.3 is 15.4 Å². The lowest BCUT2D eigenvalue weighted by molar-refractivity contribution is -0.120. The van der Waals surface area contributed by atoms with Crippen LogP contribution in [-0.4, -0.2) is 42.5 Å². The number of carbonyl (C=O) groups excluding carboxylic acids is 2. The van der Waals surface area contributed by atoms with E-state index in [9.17, 15) is 14.0 Å². The van der Waals surface area contributed by atoms with Crippen molar-refractivity contribution in [2.45, 2.75) is 25.8 Å². The molecule has 5 nitrogen and oxygen atoms in total. The fraction of sp³-hybridized carbons (Fsp3) is 0.333. The van der Waals surface area contributed by atoms with Gasteiger partial charge in [-0.15, -0.1) is 0 Å². The van der Waals surface area contributed by atoms with Gasteiger partial charge in [0, 0.05) is 18.5 Å². The number of primary amides is 1. The first-order valence-electron chi connectivity index (χ1n) is 8.95. The molecule has 6 heteroatoms. The number of carbonyl (C=O) groups is 2. The molecule has 0 aromatic heterocycles. The molecule has 1 saturated heterocycles. The predicted octanol–water partition coefficient (Wildman–Crippen LogP) is 2.44. The Labute approximate surface area is 157 Å². The molecule has 1 fully saturated rings. The summed E-state index contributed by atoms with van der Waals surface area (Å²) in [5, 5.41) is 0. The Kier molecular flexibility index (Phi) is 5.86. The van der Waals surface area contributed by atoms with Crippen molar-refractivity contribution in [3.63, 3.8) is 0 Å². The molecule has 0 bridgehead atoms. The van der Waals surface area contributed by atoms with E-state index >= 15 is 0 Å². The number of hydrogen-bond acceptors (Lipinski definition) is 3. The number of hydrogen-bond donors (Lipinski definition) is 1. The number of nitrogens with zero attached hydrogens (tertiary/aromatic N) is 1. The first-order valence-corrected chi connectivity index (χ1v) is 8.95. The van der Waals surface area contributed by atoms with Gasteiger partial charge in [0.05, 0.1) is 19.3 Å². The van der Waals surface area contributed by atoms with Gasteiger partial charge in [0.15, 0.2) is 0 Å². The zero-order chi connectivity index (χ0) is 19.4. The second kappa shape index (κ2) is 8.31. The van der Waals surface area contributed by atoms with Crippen molar-refractivity contribution in [2.75, 3.05) is 19.8 Å². The van der Waals surface area contributed by atoms with E-state index in [0.29, 0.717) is 37.3 Å². The molecular formula is C21H23FN2O3. The number of benzene rings is 2. The summed E-state index contributed by atoms with van der Waals surface area (Å²) in [6.45, 7) is 2.84. The fourth-order valence-corrected chi connectivity index (χ4v) is 3.33. The van der Waals surface area contributed by atoms with Crippen LogP contribution in [0.15, 0.2) is 42.5 Å². The highest BCUT2D eigenvalue weighted by molar-refractivity contribution is 5.96. The average Bonchev–Trinajstić information content (AvgIpc) is 2.65. The Hall–Kier alpha value is -2.73. The van der Waals surface area contributed by atoms with E-state index in [1.54, 1.807) is 30.0 Å². The predicted molar refractivity (Wildman–Crippen MR) is 99.8 cm³/mol. The van der Waals surface area contributed by atoms with Gasteiger partial charge in [0.25, 0.3) is 5.91 Å². The molecule has 142 valence electrons. The maximum absolute atomic E-state index is 13.9. The van der Waals surface area contributed by atoms with Gasteiger partial charge in [0.1, 0.15) is 5.82 Å². The van der Waals surface area contributed by atoms with Crippen molar-refractivity contribution in [3.05, 3.63) is 70.5 Å². The average molecular weight is 370 g/mol. The minimum Gasteiger partial charge on any atom is -0.377 e. The van der Waals surface area contributed by atoms with E-state index in [2.05, 4.69) is 0 Å². The van der Waals surface area contributed by atoms with E-state index in [0.717, 1.165) is 11.1 Å². The van der Waals surface area contributed by atoms with Gasteiger partial charge in [-0.1, -0.05) is 30.3 Å². The lowest BCUT2D eigenvalue weighted by Gasteiger charge is -2.35. The van der Waals surface area contributed by atoms with Crippen LogP contribution >= 0.6 is 0 Å². The number of rotatable bonds is 5. The zero-order valence-electron chi connectivity index (χ0n) is 15.3. The maximum atomic E-state index is 13.9. The molecule has 2 aromatic carbocycles. The summed E-state index contributed by atoms with van der Waals surface area (Å²) in [4.78, 5) is 26.2. The summed E-state index contributed by atoms with van der Waals surface area (Å²) < 4.78 is 19.3. The van der Waals surface area contributed by atoms with Crippen LogP contribution in [0.2, 0.25) is 0 Å². The summed E-state index contributed by atoms with van der Waals surface area (Å²) in [5.74, 6) is -0.884. The van der Waals surface area contributed by atoms with E-state index in [4.69, 9.17) is 10.5 Å². The Morgan fingerprint density at radius 1 is 1.26 bits per heavy atom. The van der Waals surface area contributed by atoms with Gasteiger partial charge in [-0.05, 0) is 42.2 Å². The Morgan fingerprint density at radius 3 is 2.78 bits per heavy atom. The Balaban J connectivity index is 1.86. The van der Waals surface area contributed by atoms with E-state index in [-0.39, 0.29) is 24.2 Å². The third kappa shape index (κ3) is 4.52. The molecule has 1 heterocycles. The highest BCUT2D eigenvalue weighted by Crippen LogP contribution is 2.21. The van der Waals surface area contributed by atoms with Crippen LogP contribution in [0, 0.1) is 12.7 Å². The van der Waals surface area contributed by atoms with E-state index in [1.165, 1.54) is 6.07 Å². The second-order valence-electron chi connectivity index (χ2n) is 6.82. The number of halogens is 1. The fourth-order valence-electron chi connectivity index (χ4n) is 3.33. The first-order chi connectivity index (χ1) is 13.0. The minimum absolute atomic E-state index is 0.0665. The van der Waals surface area contributed by atoms with Crippen LogP contribution < -0.4 is 5.73 Å². The third-order valence-corrected chi connectivity index (χ3v) is 4.80. The van der Waals surface area contributed by atoms with Crippen molar-refractivity contribution in [2.24, 2.45) is 5.73 Å². The third-order valence-electron chi connectivity index (χ3n) is 4.80. The largest absolute Gasteiger partial charge is 0.377 e. The molecule has 27 heavy (non-hydrogen) atoms. The molecular weight excluding hydrogens is 347 g/mol. The SMILES string of the molecule is Cc1ccc(Cc2ccccc2C(=O)N2CCOCC2CC(N)=O)cc1F. The molecule has 2 N–H and O–H groups in total. The topological polar surface area (TPSA) is 72.6 Å². The quantitative estimate of drug-likeness (QED) is 0.879. The first kappa shape index (κ1) is 19.0. The highest BCUT2D eigenvalue weighted by atomic mass is 19.1. The summed E-state index contributed by atoms with van der Waals surface area (Å²) in [7, 11) is 0. The smallest absolute Gasteiger partial charge is 0.254 e. The molecule has 1 unspecified atom stereocenters. The van der Waals surface area contributed by atoms with Gasteiger partial charge in [-0.3, -0.25) is 9.59 Å². The molecule has 1 aliphatic heterocycles. The standard InChI is InChI=1S/C21H23FN2O3/c1-14-6-7-15(11-19(14)22)10-16-4-2-3-5-18(16)21(26)24-8-9-27-13-17(24)12-20(23)25/h2-7,11,17H,8-10,12-13H2,1H3,(H2,23,25). The van der Waals surface area contributed by atoms with Crippen molar-refractivity contribution in [3.8, 4) is 0 Å².